The van der Waals surface area contributed by atoms with Crippen molar-refractivity contribution < 1.29 is 14.3 Å². The van der Waals surface area contributed by atoms with E-state index in [1.165, 1.54) is 7.11 Å². The Kier molecular flexibility index (Phi) is 4.79. The lowest BCUT2D eigenvalue weighted by molar-refractivity contribution is 0.0601. The molecule has 0 radical (unpaired) electrons. The zero-order valence-corrected chi connectivity index (χ0v) is 14.0. The lowest BCUT2D eigenvalue weighted by Crippen LogP contribution is -2.13. The van der Waals surface area contributed by atoms with E-state index in [1.54, 1.807) is 18.2 Å². The van der Waals surface area contributed by atoms with Crippen molar-refractivity contribution in [2.75, 3.05) is 13.7 Å². The molecule has 3 aromatic rings. The third-order valence-corrected chi connectivity index (χ3v) is 3.78. The van der Waals surface area contributed by atoms with E-state index in [1.807, 2.05) is 31.2 Å². The Balaban J connectivity index is 1.93. The molecular weight excluding hydrogens is 320 g/mol. The van der Waals surface area contributed by atoms with E-state index < -0.39 is 5.97 Å². The predicted octanol–water partition coefficient (Wildman–Crippen LogP) is 2.70. The second-order valence-electron chi connectivity index (χ2n) is 5.49. The highest BCUT2D eigenvalue weighted by Crippen LogP contribution is 2.16. The highest BCUT2D eigenvalue weighted by molar-refractivity contribution is 5.93. The zero-order valence-electron chi connectivity index (χ0n) is 14.0. The molecule has 0 fully saturated rings. The van der Waals surface area contributed by atoms with Gasteiger partial charge in [-0.15, -0.1) is 0 Å². The molecule has 0 spiro atoms. The van der Waals surface area contributed by atoms with Gasteiger partial charge in [0.1, 0.15) is 11.6 Å². The van der Waals surface area contributed by atoms with Crippen molar-refractivity contribution >= 4 is 16.9 Å². The molecule has 0 saturated carbocycles. The SMILES string of the molecule is CCOc1ccc(Cc2nc3cc(C(=O)OC)ccc3c(=O)[nH]2)cc1. The van der Waals surface area contributed by atoms with Crippen molar-refractivity contribution in [3.05, 3.63) is 69.8 Å². The second-order valence-corrected chi connectivity index (χ2v) is 5.49. The first kappa shape index (κ1) is 16.7. The van der Waals surface area contributed by atoms with Gasteiger partial charge in [-0.1, -0.05) is 12.1 Å². The number of hydrogen-bond donors (Lipinski definition) is 1. The van der Waals surface area contributed by atoms with E-state index in [4.69, 9.17) is 9.47 Å². The Morgan fingerprint density at radius 3 is 2.60 bits per heavy atom. The number of carbonyl (C=O) groups excluding carboxylic acids is 1. The van der Waals surface area contributed by atoms with E-state index in [0.717, 1.165) is 11.3 Å². The number of fused-ring (bicyclic) bond motifs is 1. The lowest BCUT2D eigenvalue weighted by atomic mass is 10.1. The minimum Gasteiger partial charge on any atom is -0.494 e. The van der Waals surface area contributed by atoms with Gasteiger partial charge in [0, 0.05) is 6.42 Å². The summed E-state index contributed by atoms with van der Waals surface area (Å²) < 4.78 is 10.1. The van der Waals surface area contributed by atoms with Crippen LogP contribution in [0.1, 0.15) is 28.7 Å². The predicted molar refractivity (Wildman–Crippen MR) is 94.1 cm³/mol. The van der Waals surface area contributed by atoms with Gasteiger partial charge in [-0.25, -0.2) is 9.78 Å². The molecule has 0 aliphatic carbocycles. The summed E-state index contributed by atoms with van der Waals surface area (Å²) >= 11 is 0. The Bertz CT molecular complexity index is 961. The summed E-state index contributed by atoms with van der Waals surface area (Å²) in [6.07, 6.45) is 0.472. The molecule has 0 aliphatic rings. The topological polar surface area (TPSA) is 81.3 Å². The largest absolute Gasteiger partial charge is 0.494 e. The zero-order chi connectivity index (χ0) is 17.8. The second kappa shape index (κ2) is 7.17. The van der Waals surface area contributed by atoms with Crippen molar-refractivity contribution in [3.8, 4) is 5.75 Å². The maximum Gasteiger partial charge on any atom is 0.337 e. The highest BCUT2D eigenvalue weighted by atomic mass is 16.5. The van der Waals surface area contributed by atoms with E-state index in [2.05, 4.69) is 9.97 Å². The summed E-state index contributed by atoms with van der Waals surface area (Å²) in [5.74, 6) is 0.870. The number of aromatic nitrogens is 2. The number of ether oxygens (including phenoxy) is 2. The molecule has 0 atom stereocenters. The third kappa shape index (κ3) is 3.68. The molecule has 0 bridgehead atoms. The van der Waals surface area contributed by atoms with Gasteiger partial charge < -0.3 is 14.5 Å². The van der Waals surface area contributed by atoms with Gasteiger partial charge in [-0.05, 0) is 42.8 Å². The van der Waals surface area contributed by atoms with Crippen LogP contribution in [-0.4, -0.2) is 29.7 Å². The summed E-state index contributed by atoms with van der Waals surface area (Å²) in [7, 11) is 1.31. The summed E-state index contributed by atoms with van der Waals surface area (Å²) in [5.41, 5.74) is 1.59. The number of nitrogens with one attached hydrogen (secondary N) is 1. The number of aromatic amines is 1. The van der Waals surface area contributed by atoms with Crippen LogP contribution in [0.3, 0.4) is 0 Å². The van der Waals surface area contributed by atoms with Crippen molar-refractivity contribution in [2.45, 2.75) is 13.3 Å². The average Bonchev–Trinajstić information content (AvgIpc) is 2.62. The lowest BCUT2D eigenvalue weighted by Gasteiger charge is -2.06. The van der Waals surface area contributed by atoms with Crippen molar-refractivity contribution in [1.29, 1.82) is 0 Å². The fraction of sp³-hybridized carbons (Fsp3) is 0.211. The normalized spacial score (nSPS) is 10.6. The molecule has 25 heavy (non-hydrogen) atoms. The molecule has 0 amide bonds. The number of methoxy groups -OCH3 is 1. The molecule has 0 aliphatic heterocycles. The van der Waals surface area contributed by atoms with Crippen LogP contribution in [0.2, 0.25) is 0 Å². The first-order chi connectivity index (χ1) is 12.1. The Morgan fingerprint density at radius 1 is 1.16 bits per heavy atom. The minimum atomic E-state index is -0.461. The number of benzene rings is 2. The number of nitrogens with zero attached hydrogens (tertiary/aromatic N) is 1. The first-order valence-electron chi connectivity index (χ1n) is 7.93. The van der Waals surface area contributed by atoms with Crippen LogP contribution in [0.5, 0.6) is 5.75 Å². The molecule has 3 rings (SSSR count). The molecule has 128 valence electrons. The molecular formula is C19H18N2O4. The smallest absolute Gasteiger partial charge is 0.337 e. The summed E-state index contributed by atoms with van der Waals surface area (Å²) in [6.45, 7) is 2.54. The number of esters is 1. The van der Waals surface area contributed by atoms with Crippen LogP contribution in [0, 0.1) is 0 Å². The maximum atomic E-state index is 12.2. The summed E-state index contributed by atoms with van der Waals surface area (Å²) in [4.78, 5) is 31.2. The maximum absolute atomic E-state index is 12.2. The van der Waals surface area contributed by atoms with E-state index >= 15 is 0 Å². The number of H-pyrrole nitrogens is 1. The van der Waals surface area contributed by atoms with Crippen molar-refractivity contribution in [1.82, 2.24) is 9.97 Å². The molecule has 6 heteroatoms. The van der Waals surface area contributed by atoms with Crippen LogP contribution in [0.4, 0.5) is 0 Å². The number of rotatable bonds is 5. The van der Waals surface area contributed by atoms with Crippen molar-refractivity contribution in [3.63, 3.8) is 0 Å². The fourth-order valence-electron chi connectivity index (χ4n) is 2.58. The highest BCUT2D eigenvalue weighted by Gasteiger charge is 2.10. The Hall–Kier alpha value is -3.15. The van der Waals surface area contributed by atoms with Crippen molar-refractivity contribution in [2.24, 2.45) is 0 Å². The molecule has 2 aromatic carbocycles. The fourth-order valence-corrected chi connectivity index (χ4v) is 2.58. The van der Waals surface area contributed by atoms with Gasteiger partial charge in [0.05, 0.1) is 30.2 Å². The van der Waals surface area contributed by atoms with E-state index in [9.17, 15) is 9.59 Å². The molecule has 0 saturated heterocycles. The average molecular weight is 338 g/mol. The quantitative estimate of drug-likeness (QED) is 0.723. The molecule has 1 aromatic heterocycles. The molecule has 1 N–H and O–H groups in total. The van der Waals surface area contributed by atoms with Crippen LogP contribution >= 0.6 is 0 Å². The van der Waals surface area contributed by atoms with Gasteiger partial charge in [0.2, 0.25) is 0 Å². The van der Waals surface area contributed by atoms with E-state index in [-0.39, 0.29) is 5.56 Å². The molecule has 6 nitrogen and oxygen atoms in total. The summed E-state index contributed by atoms with van der Waals surface area (Å²) in [5, 5.41) is 0.433. The molecule has 0 unspecified atom stereocenters. The van der Waals surface area contributed by atoms with Crippen LogP contribution in [0.25, 0.3) is 10.9 Å². The van der Waals surface area contributed by atoms with Gasteiger partial charge >= 0.3 is 5.97 Å². The Labute approximate surface area is 144 Å². The molecule has 1 heterocycles. The van der Waals surface area contributed by atoms with Crippen LogP contribution < -0.4 is 10.3 Å². The van der Waals surface area contributed by atoms with Gasteiger partial charge in [0.15, 0.2) is 0 Å². The Morgan fingerprint density at radius 2 is 1.92 bits per heavy atom. The van der Waals surface area contributed by atoms with Crippen LogP contribution in [0.15, 0.2) is 47.3 Å². The number of hydrogen-bond acceptors (Lipinski definition) is 5. The standard InChI is InChI=1S/C19H18N2O4/c1-3-25-14-7-4-12(5-8-14)10-17-20-16-11-13(19(23)24-2)6-9-15(16)18(22)21-17/h4-9,11H,3,10H2,1-2H3,(H,20,21,22). The van der Waals surface area contributed by atoms with Crippen LogP contribution in [-0.2, 0) is 11.2 Å². The van der Waals surface area contributed by atoms with E-state index in [0.29, 0.717) is 35.3 Å². The third-order valence-electron chi connectivity index (χ3n) is 3.78. The number of carbonyl (C=O) groups is 1. The minimum absolute atomic E-state index is 0.234. The van der Waals surface area contributed by atoms with Gasteiger partial charge in [0.25, 0.3) is 5.56 Å². The monoisotopic (exact) mass is 338 g/mol. The van der Waals surface area contributed by atoms with Gasteiger partial charge in [-0.2, -0.15) is 0 Å². The summed E-state index contributed by atoms with van der Waals surface area (Å²) in [6, 6.07) is 12.3. The first-order valence-corrected chi connectivity index (χ1v) is 7.93. The van der Waals surface area contributed by atoms with Gasteiger partial charge in [-0.3, -0.25) is 4.79 Å².